The molecule has 0 aromatic carbocycles. The van der Waals surface area contributed by atoms with Crippen molar-refractivity contribution in [2.75, 3.05) is 18.0 Å². The molecule has 3 heterocycles. The largest absolute Gasteiger partial charge is 0.356 e. The highest BCUT2D eigenvalue weighted by Crippen LogP contribution is 2.38. The van der Waals surface area contributed by atoms with Crippen LogP contribution in [0.3, 0.4) is 0 Å². The Morgan fingerprint density at radius 3 is 2.62 bits per heavy atom. The monoisotopic (exact) mass is 287 g/mol. The highest BCUT2D eigenvalue weighted by Gasteiger charge is 2.48. The number of hydrogen-bond acceptors (Lipinski definition) is 5. The Hall–Kier alpha value is -2.18. The van der Waals surface area contributed by atoms with Crippen LogP contribution >= 0.6 is 0 Å². The first-order chi connectivity index (χ1) is 10.2. The fraction of sp³-hybridized carbons (Fsp3) is 0.571. The summed E-state index contributed by atoms with van der Waals surface area (Å²) >= 11 is 0. The molecule has 21 heavy (non-hydrogen) atoms. The van der Waals surface area contributed by atoms with E-state index in [1.165, 1.54) is 12.8 Å². The van der Waals surface area contributed by atoms with Gasteiger partial charge in [-0.15, -0.1) is 0 Å². The van der Waals surface area contributed by atoms with Crippen LogP contribution < -0.4 is 15.5 Å². The average Bonchev–Trinajstić information content (AvgIpc) is 3.29. The van der Waals surface area contributed by atoms with Crippen LogP contribution in [0.5, 0.6) is 0 Å². The van der Waals surface area contributed by atoms with Gasteiger partial charge in [-0.3, -0.25) is 10.1 Å². The van der Waals surface area contributed by atoms with Crippen molar-refractivity contribution in [1.82, 2.24) is 20.6 Å². The molecule has 3 fully saturated rings. The number of imide groups is 1. The molecule has 2 N–H and O–H groups in total. The minimum absolute atomic E-state index is 0.200. The van der Waals surface area contributed by atoms with Gasteiger partial charge in [-0.25, -0.2) is 14.8 Å². The van der Waals surface area contributed by atoms with Crippen molar-refractivity contribution in [1.29, 1.82) is 0 Å². The topological polar surface area (TPSA) is 87.2 Å². The zero-order chi connectivity index (χ0) is 14.4. The fourth-order valence-electron chi connectivity index (χ4n) is 3.08. The first-order valence-corrected chi connectivity index (χ1v) is 7.38. The lowest BCUT2D eigenvalue weighted by Gasteiger charge is -2.37. The minimum Gasteiger partial charge on any atom is -0.356 e. The SMILES string of the molecule is O=C1NC(=O)C2(CCN(c3ccnc(C4CC4)n3)CC2)N1. The molecule has 0 radical (unpaired) electrons. The van der Waals surface area contributed by atoms with Gasteiger partial charge in [-0.1, -0.05) is 0 Å². The van der Waals surface area contributed by atoms with Gasteiger partial charge in [0.15, 0.2) is 0 Å². The molecule has 0 unspecified atom stereocenters. The van der Waals surface area contributed by atoms with Gasteiger partial charge < -0.3 is 10.2 Å². The number of rotatable bonds is 2. The van der Waals surface area contributed by atoms with Crippen LogP contribution in [0.2, 0.25) is 0 Å². The van der Waals surface area contributed by atoms with E-state index in [4.69, 9.17) is 0 Å². The molecule has 2 aliphatic heterocycles. The highest BCUT2D eigenvalue weighted by atomic mass is 16.2. The third-order valence-electron chi connectivity index (χ3n) is 4.56. The third kappa shape index (κ3) is 2.12. The molecule has 3 amide bonds. The van der Waals surface area contributed by atoms with E-state index in [2.05, 4.69) is 25.5 Å². The number of nitrogens with zero attached hydrogens (tertiary/aromatic N) is 3. The summed E-state index contributed by atoms with van der Waals surface area (Å²) < 4.78 is 0. The summed E-state index contributed by atoms with van der Waals surface area (Å²) in [6.07, 6.45) is 5.38. The van der Waals surface area contributed by atoms with Gasteiger partial charge in [0.05, 0.1) is 0 Å². The van der Waals surface area contributed by atoms with Crippen LogP contribution in [0, 0.1) is 0 Å². The van der Waals surface area contributed by atoms with Gasteiger partial charge in [-0.2, -0.15) is 0 Å². The Morgan fingerprint density at radius 2 is 2.00 bits per heavy atom. The number of amides is 3. The second-order valence-corrected chi connectivity index (χ2v) is 6.02. The molecule has 0 bridgehead atoms. The molecule has 110 valence electrons. The molecule has 1 aromatic rings. The number of carbonyl (C=O) groups excluding carboxylic acids is 2. The Kier molecular flexibility index (Phi) is 2.63. The van der Waals surface area contributed by atoms with Crippen LogP contribution in [0.25, 0.3) is 0 Å². The van der Waals surface area contributed by atoms with Crippen LogP contribution in [-0.4, -0.2) is 40.5 Å². The number of carbonyl (C=O) groups is 2. The van der Waals surface area contributed by atoms with Gasteiger partial charge in [0.2, 0.25) is 0 Å². The molecule has 1 saturated carbocycles. The van der Waals surface area contributed by atoms with E-state index in [-0.39, 0.29) is 11.9 Å². The molecular weight excluding hydrogens is 270 g/mol. The van der Waals surface area contributed by atoms with Gasteiger partial charge in [-0.05, 0) is 31.7 Å². The summed E-state index contributed by atoms with van der Waals surface area (Å²) in [5.74, 6) is 2.18. The number of nitrogens with one attached hydrogen (secondary N) is 2. The molecular formula is C14H17N5O2. The zero-order valence-electron chi connectivity index (χ0n) is 11.6. The standard InChI is InChI=1S/C14H17N5O2/c20-12-14(18-13(21)17-12)4-7-19(8-5-14)10-3-6-15-11(16-10)9-1-2-9/h3,6,9H,1-2,4-5,7-8H2,(H2,17,18,20,21). The maximum absolute atomic E-state index is 11.9. The van der Waals surface area contributed by atoms with E-state index in [9.17, 15) is 9.59 Å². The predicted molar refractivity (Wildman–Crippen MR) is 74.9 cm³/mol. The summed E-state index contributed by atoms with van der Waals surface area (Å²) in [6.45, 7) is 1.41. The first-order valence-electron chi connectivity index (χ1n) is 7.38. The van der Waals surface area contributed by atoms with E-state index in [1.54, 1.807) is 0 Å². The normalized spacial score (nSPS) is 24.1. The molecule has 1 aromatic heterocycles. The molecule has 0 atom stereocenters. The van der Waals surface area contributed by atoms with Crippen LogP contribution in [0.1, 0.15) is 37.4 Å². The molecule has 2 saturated heterocycles. The third-order valence-corrected chi connectivity index (χ3v) is 4.56. The lowest BCUT2D eigenvalue weighted by Crippen LogP contribution is -2.55. The number of piperidine rings is 1. The quantitative estimate of drug-likeness (QED) is 0.775. The van der Waals surface area contributed by atoms with Gasteiger partial charge >= 0.3 is 6.03 Å². The van der Waals surface area contributed by atoms with Crippen molar-refractivity contribution in [3.63, 3.8) is 0 Å². The molecule has 7 nitrogen and oxygen atoms in total. The second kappa shape index (κ2) is 4.41. The molecule has 1 aliphatic carbocycles. The van der Waals surface area contributed by atoms with Gasteiger partial charge in [0, 0.05) is 25.2 Å². The first kappa shape index (κ1) is 12.6. The van der Waals surface area contributed by atoms with Crippen LogP contribution in [0.15, 0.2) is 12.3 Å². The minimum atomic E-state index is -0.722. The number of aromatic nitrogens is 2. The van der Waals surface area contributed by atoms with Crippen molar-refractivity contribution in [3.8, 4) is 0 Å². The summed E-state index contributed by atoms with van der Waals surface area (Å²) in [6, 6.07) is 1.53. The molecule has 4 rings (SSSR count). The van der Waals surface area contributed by atoms with Crippen molar-refractivity contribution < 1.29 is 9.59 Å². The van der Waals surface area contributed by atoms with E-state index >= 15 is 0 Å². The Morgan fingerprint density at radius 1 is 1.24 bits per heavy atom. The summed E-state index contributed by atoms with van der Waals surface area (Å²) in [4.78, 5) is 34.4. The highest BCUT2D eigenvalue weighted by molar-refractivity contribution is 6.07. The Balaban J connectivity index is 1.49. The average molecular weight is 287 g/mol. The van der Waals surface area contributed by atoms with Gasteiger partial charge in [0.25, 0.3) is 5.91 Å². The number of anilines is 1. The van der Waals surface area contributed by atoms with Crippen molar-refractivity contribution in [2.24, 2.45) is 0 Å². The predicted octanol–water partition coefficient (Wildman–Crippen LogP) is 0.532. The van der Waals surface area contributed by atoms with Crippen molar-refractivity contribution >= 4 is 17.8 Å². The van der Waals surface area contributed by atoms with Crippen LogP contribution in [0.4, 0.5) is 10.6 Å². The molecule has 1 spiro atoms. The van der Waals surface area contributed by atoms with E-state index in [0.29, 0.717) is 31.8 Å². The maximum atomic E-state index is 11.9. The molecule has 3 aliphatic rings. The zero-order valence-corrected chi connectivity index (χ0v) is 11.6. The van der Waals surface area contributed by atoms with Gasteiger partial charge in [0.1, 0.15) is 17.2 Å². The van der Waals surface area contributed by atoms with Crippen molar-refractivity contribution in [3.05, 3.63) is 18.1 Å². The second-order valence-electron chi connectivity index (χ2n) is 6.02. The van der Waals surface area contributed by atoms with E-state index in [0.717, 1.165) is 11.6 Å². The van der Waals surface area contributed by atoms with E-state index < -0.39 is 5.54 Å². The summed E-state index contributed by atoms with van der Waals surface area (Å²) in [5.41, 5.74) is -0.722. The maximum Gasteiger partial charge on any atom is 0.322 e. The fourth-order valence-corrected chi connectivity index (χ4v) is 3.08. The lowest BCUT2D eigenvalue weighted by molar-refractivity contribution is -0.124. The Bertz CT molecular complexity index is 605. The number of urea groups is 1. The smallest absolute Gasteiger partial charge is 0.322 e. The summed E-state index contributed by atoms with van der Waals surface area (Å²) in [5, 5.41) is 5.10. The van der Waals surface area contributed by atoms with E-state index in [1.807, 2.05) is 12.3 Å². The Labute approximate surface area is 122 Å². The van der Waals surface area contributed by atoms with Crippen molar-refractivity contribution in [2.45, 2.75) is 37.1 Å². The number of hydrogen-bond donors (Lipinski definition) is 2. The molecule has 7 heteroatoms. The lowest BCUT2D eigenvalue weighted by atomic mass is 9.88. The van der Waals surface area contributed by atoms with Crippen LogP contribution in [-0.2, 0) is 4.79 Å². The summed E-state index contributed by atoms with van der Waals surface area (Å²) in [7, 11) is 0.